The van der Waals surface area contributed by atoms with Crippen molar-refractivity contribution in [2.24, 2.45) is 0 Å². The highest BCUT2D eigenvalue weighted by atomic mass is 35.5. The summed E-state index contributed by atoms with van der Waals surface area (Å²) in [6.07, 6.45) is 6.45. The molecule has 1 fully saturated rings. The van der Waals surface area contributed by atoms with Crippen molar-refractivity contribution in [1.29, 1.82) is 0 Å². The van der Waals surface area contributed by atoms with E-state index in [1.165, 1.54) is 37.7 Å². The van der Waals surface area contributed by atoms with Gasteiger partial charge in [0.25, 0.3) is 0 Å². The van der Waals surface area contributed by atoms with Crippen LogP contribution in [0.2, 0.25) is 5.02 Å². The summed E-state index contributed by atoms with van der Waals surface area (Å²) < 4.78 is 0. The second-order valence-electron chi connectivity index (χ2n) is 4.04. The number of hydrogen-bond donors (Lipinski definition) is 1. The predicted octanol–water partition coefficient (Wildman–Crippen LogP) is 4.09. The normalized spacial score (nSPS) is 18.4. The Morgan fingerprint density at radius 3 is 2.50 bits per heavy atom. The fraction of sp³-hybridized carbons (Fsp3) is 0.500. The summed E-state index contributed by atoms with van der Waals surface area (Å²) in [5.41, 5.74) is 1.21. The summed E-state index contributed by atoms with van der Waals surface area (Å²) in [4.78, 5) is 0. The van der Waals surface area contributed by atoms with Gasteiger partial charge in [-0.05, 0) is 36.5 Å². The van der Waals surface area contributed by atoms with Gasteiger partial charge in [0, 0.05) is 5.02 Å². The van der Waals surface area contributed by atoms with Crippen LogP contribution >= 0.6 is 11.6 Å². The molecule has 1 aliphatic rings. The molecule has 2 heteroatoms. The van der Waals surface area contributed by atoms with Crippen LogP contribution in [0.5, 0.6) is 5.75 Å². The van der Waals surface area contributed by atoms with Crippen molar-refractivity contribution in [3.63, 3.8) is 0 Å². The molecule has 1 saturated carbocycles. The molecule has 1 N–H and O–H groups in total. The summed E-state index contributed by atoms with van der Waals surface area (Å²) in [5.74, 6) is 0.867. The molecular weight excluding hydrogens is 196 g/mol. The lowest BCUT2D eigenvalue weighted by Crippen LogP contribution is -2.04. The van der Waals surface area contributed by atoms with E-state index in [4.69, 9.17) is 11.6 Å². The molecule has 0 bridgehead atoms. The minimum atomic E-state index is 0.259. The molecule has 0 spiro atoms. The summed E-state index contributed by atoms with van der Waals surface area (Å²) in [5, 5.41) is 9.97. The summed E-state index contributed by atoms with van der Waals surface area (Å²) in [7, 11) is 0. The van der Waals surface area contributed by atoms with Crippen molar-refractivity contribution >= 4 is 11.6 Å². The molecule has 0 amide bonds. The first-order chi connectivity index (χ1) is 6.77. The van der Waals surface area contributed by atoms with Gasteiger partial charge in [-0.3, -0.25) is 0 Å². The molecule has 1 nitrogen and oxygen atoms in total. The number of halogens is 1. The predicted molar refractivity (Wildman–Crippen MR) is 58.9 cm³/mol. The van der Waals surface area contributed by atoms with Gasteiger partial charge in [0.05, 0.1) is 0 Å². The average molecular weight is 211 g/mol. The molecule has 14 heavy (non-hydrogen) atoms. The molecule has 0 saturated heterocycles. The number of benzene rings is 1. The Bertz CT molecular complexity index is 316. The summed E-state index contributed by atoms with van der Waals surface area (Å²) in [6.45, 7) is 0. The van der Waals surface area contributed by atoms with Crippen LogP contribution in [0.1, 0.15) is 43.6 Å². The van der Waals surface area contributed by atoms with Crippen molar-refractivity contribution in [3.8, 4) is 5.75 Å². The molecule has 76 valence electrons. The molecule has 0 aromatic heterocycles. The van der Waals surface area contributed by atoms with Crippen LogP contribution in [0.4, 0.5) is 0 Å². The van der Waals surface area contributed by atoms with Gasteiger partial charge in [0.15, 0.2) is 0 Å². The van der Waals surface area contributed by atoms with Crippen molar-refractivity contribution in [3.05, 3.63) is 28.8 Å². The van der Waals surface area contributed by atoms with E-state index in [0.29, 0.717) is 5.92 Å². The van der Waals surface area contributed by atoms with Crippen LogP contribution in [0.25, 0.3) is 0 Å². The first kappa shape index (κ1) is 9.85. The Hall–Kier alpha value is -0.690. The first-order valence-corrected chi connectivity index (χ1v) is 5.63. The molecule has 1 aromatic rings. The lowest BCUT2D eigenvalue weighted by Gasteiger charge is -2.22. The minimum absolute atomic E-state index is 0.259. The highest BCUT2D eigenvalue weighted by Crippen LogP contribution is 2.37. The second-order valence-corrected chi connectivity index (χ2v) is 4.45. The topological polar surface area (TPSA) is 20.2 Å². The van der Waals surface area contributed by atoms with Gasteiger partial charge >= 0.3 is 0 Å². The van der Waals surface area contributed by atoms with E-state index in [1.54, 1.807) is 12.1 Å². The average Bonchev–Trinajstić information content (AvgIpc) is 2.19. The molecule has 0 aliphatic heterocycles. The van der Waals surface area contributed by atoms with Gasteiger partial charge in [-0.15, -0.1) is 0 Å². The second kappa shape index (κ2) is 4.22. The minimum Gasteiger partial charge on any atom is -0.508 e. The fourth-order valence-corrected chi connectivity index (χ4v) is 2.59. The van der Waals surface area contributed by atoms with Crippen molar-refractivity contribution in [1.82, 2.24) is 0 Å². The number of aromatic hydroxyl groups is 1. The van der Waals surface area contributed by atoms with Gasteiger partial charge in [-0.1, -0.05) is 36.9 Å². The molecule has 0 heterocycles. The SMILES string of the molecule is Oc1ccc(C2CCCCC2)c(Cl)c1. The smallest absolute Gasteiger partial charge is 0.117 e. The van der Waals surface area contributed by atoms with Gasteiger partial charge in [0.1, 0.15) is 5.75 Å². The molecule has 2 rings (SSSR count). The zero-order chi connectivity index (χ0) is 9.97. The molecule has 0 unspecified atom stereocenters. The van der Waals surface area contributed by atoms with Crippen molar-refractivity contribution in [2.75, 3.05) is 0 Å². The van der Waals surface area contributed by atoms with E-state index in [1.807, 2.05) is 6.07 Å². The highest BCUT2D eigenvalue weighted by molar-refractivity contribution is 6.31. The van der Waals surface area contributed by atoms with Crippen molar-refractivity contribution in [2.45, 2.75) is 38.0 Å². The van der Waals surface area contributed by atoms with Gasteiger partial charge < -0.3 is 5.11 Å². The zero-order valence-corrected chi connectivity index (χ0v) is 8.93. The van der Waals surface area contributed by atoms with Crippen LogP contribution in [0.3, 0.4) is 0 Å². The summed E-state index contributed by atoms with van der Waals surface area (Å²) in [6, 6.07) is 5.34. The third-order valence-corrected chi connectivity index (χ3v) is 3.36. The maximum Gasteiger partial charge on any atom is 0.117 e. The maximum atomic E-state index is 9.25. The van der Waals surface area contributed by atoms with Crippen LogP contribution in [0, 0.1) is 0 Å². The van der Waals surface area contributed by atoms with E-state index in [0.717, 1.165) is 5.02 Å². The molecule has 0 radical (unpaired) electrons. The number of rotatable bonds is 1. The monoisotopic (exact) mass is 210 g/mol. The third-order valence-electron chi connectivity index (χ3n) is 3.03. The molecule has 1 aromatic carbocycles. The Morgan fingerprint density at radius 1 is 1.14 bits per heavy atom. The largest absolute Gasteiger partial charge is 0.508 e. The highest BCUT2D eigenvalue weighted by Gasteiger charge is 2.17. The van der Waals surface area contributed by atoms with E-state index in [9.17, 15) is 5.11 Å². The van der Waals surface area contributed by atoms with Crippen LogP contribution in [-0.2, 0) is 0 Å². The number of phenols is 1. The zero-order valence-electron chi connectivity index (χ0n) is 8.17. The third kappa shape index (κ3) is 2.03. The fourth-order valence-electron chi connectivity index (χ4n) is 2.26. The Balaban J connectivity index is 2.22. The Labute approximate surface area is 89.7 Å². The molecule has 1 aliphatic carbocycles. The van der Waals surface area contributed by atoms with Crippen LogP contribution < -0.4 is 0 Å². The van der Waals surface area contributed by atoms with E-state index in [2.05, 4.69) is 0 Å². The lowest BCUT2D eigenvalue weighted by molar-refractivity contribution is 0.442. The standard InChI is InChI=1S/C12H15ClO/c13-12-8-10(14)6-7-11(12)9-4-2-1-3-5-9/h6-9,14H,1-5H2. The van der Waals surface area contributed by atoms with Crippen LogP contribution in [-0.4, -0.2) is 5.11 Å². The van der Waals surface area contributed by atoms with Gasteiger partial charge in [-0.25, -0.2) is 0 Å². The molecular formula is C12H15ClO. The van der Waals surface area contributed by atoms with E-state index in [-0.39, 0.29) is 5.75 Å². The molecule has 0 atom stereocenters. The number of phenolic OH excluding ortho intramolecular Hbond substituents is 1. The number of hydrogen-bond acceptors (Lipinski definition) is 1. The van der Waals surface area contributed by atoms with E-state index >= 15 is 0 Å². The maximum absolute atomic E-state index is 9.25. The van der Waals surface area contributed by atoms with Crippen LogP contribution in [0.15, 0.2) is 18.2 Å². The van der Waals surface area contributed by atoms with Gasteiger partial charge in [-0.2, -0.15) is 0 Å². The summed E-state index contributed by atoms with van der Waals surface area (Å²) >= 11 is 6.10. The Kier molecular flexibility index (Phi) is 2.97. The lowest BCUT2D eigenvalue weighted by atomic mass is 9.84. The quantitative estimate of drug-likeness (QED) is 0.740. The van der Waals surface area contributed by atoms with Crippen molar-refractivity contribution < 1.29 is 5.11 Å². The Morgan fingerprint density at radius 2 is 1.86 bits per heavy atom. The van der Waals surface area contributed by atoms with E-state index < -0.39 is 0 Å². The first-order valence-electron chi connectivity index (χ1n) is 5.26. The van der Waals surface area contributed by atoms with Gasteiger partial charge in [0.2, 0.25) is 0 Å².